The van der Waals surface area contributed by atoms with Crippen molar-refractivity contribution in [3.05, 3.63) is 54.1 Å². The molecule has 0 unspecified atom stereocenters. The maximum atomic E-state index is 7.26. The molecule has 0 bridgehead atoms. The molecule has 1 aliphatic carbocycles. The highest BCUT2D eigenvalue weighted by Crippen LogP contribution is 2.40. The number of nitrogen functional groups attached to an aromatic ring is 1. The summed E-state index contributed by atoms with van der Waals surface area (Å²) in [6, 6.07) is 11.8. The van der Waals surface area contributed by atoms with E-state index in [1.54, 1.807) is 6.33 Å². The molecule has 6 heteroatoms. The number of imidazole rings is 2. The third-order valence-corrected chi connectivity index (χ3v) is 4.48. The van der Waals surface area contributed by atoms with Crippen LogP contribution in [0.4, 0.5) is 11.4 Å². The lowest BCUT2D eigenvalue weighted by molar-refractivity contribution is 0.728. The maximum Gasteiger partial charge on any atom is 0.216 e. The van der Waals surface area contributed by atoms with Gasteiger partial charge in [0.05, 0.1) is 28.6 Å². The highest BCUT2D eigenvalue weighted by atomic mass is 15.3. The molecule has 0 radical (unpaired) electrons. The number of hydrogen-bond donors (Lipinski definition) is 1. The largest absolute Gasteiger partial charge is 0.399 e. The summed E-state index contributed by atoms with van der Waals surface area (Å²) in [7, 11) is 0. The predicted octanol–water partition coefficient (Wildman–Crippen LogP) is 3.84. The Hall–Kier alpha value is -3.33. The molecule has 4 aromatic rings. The summed E-state index contributed by atoms with van der Waals surface area (Å²) in [5, 5.41) is 0. The second-order valence-electron chi connectivity index (χ2n) is 6.16. The number of benzene rings is 2. The number of nitrogens with zero attached hydrogens (tertiary/aromatic N) is 5. The minimum Gasteiger partial charge on any atom is -0.399 e. The van der Waals surface area contributed by atoms with Crippen molar-refractivity contribution in [1.29, 1.82) is 0 Å². The second kappa shape index (κ2) is 4.59. The van der Waals surface area contributed by atoms with E-state index in [4.69, 9.17) is 17.3 Å². The van der Waals surface area contributed by atoms with Gasteiger partial charge in [0.1, 0.15) is 6.33 Å². The Kier molecular flexibility index (Phi) is 2.51. The second-order valence-corrected chi connectivity index (χ2v) is 6.16. The van der Waals surface area contributed by atoms with Gasteiger partial charge in [0.2, 0.25) is 5.95 Å². The van der Waals surface area contributed by atoms with Crippen molar-refractivity contribution in [2.75, 3.05) is 5.73 Å². The zero-order valence-electron chi connectivity index (χ0n) is 12.8. The van der Waals surface area contributed by atoms with Crippen LogP contribution in [0.2, 0.25) is 0 Å². The minimum atomic E-state index is 0.435. The molecule has 0 aliphatic heterocycles. The van der Waals surface area contributed by atoms with Crippen molar-refractivity contribution in [1.82, 2.24) is 19.1 Å². The zero-order chi connectivity index (χ0) is 16.3. The van der Waals surface area contributed by atoms with Gasteiger partial charge in [-0.05, 0) is 43.2 Å². The predicted molar refractivity (Wildman–Crippen MR) is 93.3 cm³/mol. The molecular formula is C18H14N6. The van der Waals surface area contributed by atoms with E-state index in [0.717, 1.165) is 40.9 Å². The van der Waals surface area contributed by atoms with Gasteiger partial charge in [-0.25, -0.2) is 14.8 Å². The Morgan fingerprint density at radius 3 is 2.71 bits per heavy atom. The third-order valence-electron chi connectivity index (χ3n) is 4.48. The zero-order valence-corrected chi connectivity index (χ0v) is 12.8. The average molecular weight is 314 g/mol. The number of fused-ring (bicyclic) bond motifs is 2. The number of nitrogens with two attached hydrogens (primary N) is 1. The molecule has 1 aliphatic rings. The molecule has 2 N–H and O–H groups in total. The molecule has 0 saturated heterocycles. The topological polar surface area (TPSA) is 66.0 Å². The molecule has 1 fully saturated rings. The van der Waals surface area contributed by atoms with E-state index >= 15 is 0 Å². The SMILES string of the molecule is [C-]#[N+]c1ccc2nc(-n3cnc4ccc(N)cc43)n(C3CC3)c2c1. The van der Waals surface area contributed by atoms with Gasteiger partial charge in [0, 0.05) is 11.7 Å². The molecule has 6 nitrogen and oxygen atoms in total. The normalized spacial score (nSPS) is 14.3. The standard InChI is InChI=1S/C18H14N6/c1-20-12-3-7-15-17(9-12)24(13-4-5-13)18(22-15)23-10-21-14-6-2-11(19)8-16(14)23/h2-3,6-10,13H,4-5,19H2. The molecule has 2 heterocycles. The molecule has 0 spiro atoms. The molecule has 1 saturated carbocycles. The highest BCUT2D eigenvalue weighted by molar-refractivity contribution is 5.84. The van der Waals surface area contributed by atoms with Crippen LogP contribution < -0.4 is 5.73 Å². The molecule has 116 valence electrons. The molecule has 2 aromatic carbocycles. The van der Waals surface area contributed by atoms with E-state index in [9.17, 15) is 0 Å². The summed E-state index contributed by atoms with van der Waals surface area (Å²) in [5.74, 6) is 0.836. The Balaban J connectivity index is 1.84. The minimum absolute atomic E-state index is 0.435. The van der Waals surface area contributed by atoms with Crippen LogP contribution in [0.25, 0.3) is 32.9 Å². The Morgan fingerprint density at radius 2 is 1.92 bits per heavy atom. The van der Waals surface area contributed by atoms with Crippen molar-refractivity contribution in [3.8, 4) is 5.95 Å². The van der Waals surface area contributed by atoms with Crippen molar-refractivity contribution >= 4 is 33.4 Å². The summed E-state index contributed by atoms with van der Waals surface area (Å²) in [6.45, 7) is 7.26. The van der Waals surface area contributed by atoms with Crippen LogP contribution in [-0.2, 0) is 0 Å². The van der Waals surface area contributed by atoms with Gasteiger partial charge in [0.25, 0.3) is 0 Å². The quantitative estimate of drug-likeness (QED) is 0.451. The van der Waals surface area contributed by atoms with E-state index in [2.05, 4.69) is 14.4 Å². The van der Waals surface area contributed by atoms with Gasteiger partial charge in [-0.15, -0.1) is 0 Å². The summed E-state index contributed by atoms with van der Waals surface area (Å²) < 4.78 is 4.22. The summed E-state index contributed by atoms with van der Waals surface area (Å²) in [6.07, 6.45) is 4.06. The summed E-state index contributed by atoms with van der Waals surface area (Å²) in [4.78, 5) is 12.8. The van der Waals surface area contributed by atoms with Crippen LogP contribution >= 0.6 is 0 Å². The fourth-order valence-corrected chi connectivity index (χ4v) is 3.18. The Bertz CT molecular complexity index is 1140. The van der Waals surface area contributed by atoms with Gasteiger partial charge in [0.15, 0.2) is 5.69 Å². The Labute approximate surface area is 138 Å². The van der Waals surface area contributed by atoms with Crippen molar-refractivity contribution in [2.24, 2.45) is 0 Å². The van der Waals surface area contributed by atoms with Gasteiger partial charge >= 0.3 is 0 Å². The number of rotatable bonds is 2. The molecule has 0 amide bonds. The van der Waals surface area contributed by atoms with Crippen LogP contribution in [0, 0.1) is 6.57 Å². The first-order valence-corrected chi connectivity index (χ1v) is 7.87. The highest BCUT2D eigenvalue weighted by Gasteiger charge is 2.29. The first-order chi connectivity index (χ1) is 11.7. The number of hydrogen-bond acceptors (Lipinski definition) is 3. The molecule has 5 rings (SSSR count). The first kappa shape index (κ1) is 13.1. The first-order valence-electron chi connectivity index (χ1n) is 7.87. The molecule has 24 heavy (non-hydrogen) atoms. The van der Waals surface area contributed by atoms with Crippen LogP contribution in [0.15, 0.2) is 42.7 Å². The smallest absolute Gasteiger partial charge is 0.216 e. The Morgan fingerprint density at radius 1 is 1.08 bits per heavy atom. The fourth-order valence-electron chi connectivity index (χ4n) is 3.18. The van der Waals surface area contributed by atoms with E-state index in [0.29, 0.717) is 17.4 Å². The lowest BCUT2D eigenvalue weighted by Gasteiger charge is -2.09. The van der Waals surface area contributed by atoms with Crippen LogP contribution in [0.3, 0.4) is 0 Å². The maximum absolute atomic E-state index is 7.26. The van der Waals surface area contributed by atoms with Crippen LogP contribution in [0.1, 0.15) is 18.9 Å². The van der Waals surface area contributed by atoms with E-state index in [1.807, 2.05) is 41.0 Å². The van der Waals surface area contributed by atoms with Gasteiger partial charge in [-0.3, -0.25) is 4.57 Å². The van der Waals surface area contributed by atoms with Crippen molar-refractivity contribution < 1.29 is 0 Å². The van der Waals surface area contributed by atoms with Gasteiger partial charge in [-0.1, -0.05) is 6.07 Å². The number of aromatic nitrogens is 4. The van der Waals surface area contributed by atoms with Crippen molar-refractivity contribution in [3.63, 3.8) is 0 Å². The molecule has 0 atom stereocenters. The molecular weight excluding hydrogens is 300 g/mol. The van der Waals surface area contributed by atoms with Crippen LogP contribution in [0.5, 0.6) is 0 Å². The van der Waals surface area contributed by atoms with Crippen LogP contribution in [-0.4, -0.2) is 19.1 Å². The third kappa shape index (κ3) is 1.82. The summed E-state index contributed by atoms with van der Waals surface area (Å²) in [5.41, 5.74) is 11.0. The lowest BCUT2D eigenvalue weighted by Crippen LogP contribution is -2.04. The van der Waals surface area contributed by atoms with Gasteiger partial charge in [-0.2, -0.15) is 0 Å². The van der Waals surface area contributed by atoms with Gasteiger partial charge < -0.3 is 10.3 Å². The lowest BCUT2D eigenvalue weighted by atomic mass is 10.3. The average Bonchev–Trinajstić information content (AvgIpc) is 3.24. The number of anilines is 1. The van der Waals surface area contributed by atoms with E-state index in [1.165, 1.54) is 0 Å². The monoisotopic (exact) mass is 314 g/mol. The molecule has 2 aromatic heterocycles. The summed E-state index contributed by atoms with van der Waals surface area (Å²) >= 11 is 0. The van der Waals surface area contributed by atoms with E-state index in [-0.39, 0.29) is 0 Å². The van der Waals surface area contributed by atoms with E-state index < -0.39 is 0 Å². The fraction of sp³-hybridized carbons (Fsp3) is 0.167. The van der Waals surface area contributed by atoms with Crippen molar-refractivity contribution in [2.45, 2.75) is 18.9 Å².